The van der Waals surface area contributed by atoms with E-state index in [0.717, 1.165) is 22.3 Å². The van der Waals surface area contributed by atoms with Crippen LogP contribution in [0.3, 0.4) is 0 Å². The molecule has 0 saturated carbocycles. The van der Waals surface area contributed by atoms with Crippen LogP contribution in [0.15, 0.2) is 108 Å². The summed E-state index contributed by atoms with van der Waals surface area (Å²) in [7, 11) is -4.17. The molecule has 5 rings (SSSR count). The standard InChI is InChI=1S/C35H35FN2O5S/c1-35(2,3)43-33(39)23-29(21-24-9-5-4-6-10-24)37-34(40)32-22-27-11-7-8-12-31(27)38(32)44(41,42)30-19-15-26(16-20-30)25-13-17-28(36)18-14-25/h4-20,29,32H,21-23H2,1-3H3,(H,37,40)/t29-,32-/m0/s1. The number of nitrogens with one attached hydrogen (secondary N) is 1. The summed E-state index contributed by atoms with van der Waals surface area (Å²) in [6.07, 6.45) is 0.470. The van der Waals surface area contributed by atoms with Crippen molar-refractivity contribution in [3.05, 3.63) is 120 Å². The monoisotopic (exact) mass is 614 g/mol. The van der Waals surface area contributed by atoms with Gasteiger partial charge in [0, 0.05) is 12.5 Å². The minimum absolute atomic E-state index is 0.0208. The largest absolute Gasteiger partial charge is 0.460 e. The van der Waals surface area contributed by atoms with E-state index in [0.29, 0.717) is 12.1 Å². The SMILES string of the molecule is CC(C)(C)OC(=O)C[C@H](Cc1ccccc1)NC(=O)[C@@H]1Cc2ccccc2N1S(=O)(=O)c1ccc(-c2ccc(F)cc2)cc1. The van der Waals surface area contributed by atoms with E-state index < -0.39 is 39.6 Å². The number of carbonyl (C=O) groups is 2. The molecule has 2 atom stereocenters. The van der Waals surface area contributed by atoms with Crippen LogP contribution >= 0.6 is 0 Å². The number of benzene rings is 4. The Morgan fingerprint density at radius 3 is 2.11 bits per heavy atom. The van der Waals surface area contributed by atoms with Crippen LogP contribution in [0.2, 0.25) is 0 Å². The molecule has 0 unspecified atom stereocenters. The number of anilines is 1. The molecule has 44 heavy (non-hydrogen) atoms. The van der Waals surface area contributed by atoms with Crippen molar-refractivity contribution < 1.29 is 27.1 Å². The van der Waals surface area contributed by atoms with E-state index in [2.05, 4.69) is 5.32 Å². The normalized spacial score (nSPS) is 15.4. The minimum atomic E-state index is -4.17. The Morgan fingerprint density at radius 1 is 0.886 bits per heavy atom. The lowest BCUT2D eigenvalue weighted by molar-refractivity contribution is -0.155. The molecular weight excluding hydrogens is 579 g/mol. The fraction of sp³-hybridized carbons (Fsp3) is 0.257. The third kappa shape index (κ3) is 7.17. The molecule has 9 heteroatoms. The van der Waals surface area contributed by atoms with E-state index in [4.69, 9.17) is 4.74 Å². The van der Waals surface area contributed by atoms with Crippen molar-refractivity contribution in [2.24, 2.45) is 0 Å². The van der Waals surface area contributed by atoms with Crippen molar-refractivity contribution in [2.75, 3.05) is 4.31 Å². The number of rotatable bonds is 9. The Hall–Kier alpha value is -4.50. The maximum atomic E-state index is 14.1. The van der Waals surface area contributed by atoms with Gasteiger partial charge in [-0.1, -0.05) is 72.8 Å². The molecule has 0 spiro atoms. The van der Waals surface area contributed by atoms with Crippen LogP contribution in [0.5, 0.6) is 0 Å². The molecule has 1 amide bonds. The van der Waals surface area contributed by atoms with Crippen LogP contribution in [-0.2, 0) is 37.2 Å². The molecule has 1 N–H and O–H groups in total. The zero-order valence-electron chi connectivity index (χ0n) is 24.9. The Morgan fingerprint density at radius 2 is 1.48 bits per heavy atom. The van der Waals surface area contributed by atoms with E-state index >= 15 is 0 Å². The number of hydrogen-bond acceptors (Lipinski definition) is 5. The summed E-state index contributed by atoms with van der Waals surface area (Å²) in [6.45, 7) is 5.33. The highest BCUT2D eigenvalue weighted by atomic mass is 32.2. The summed E-state index contributed by atoms with van der Waals surface area (Å²) in [5.74, 6) is -1.32. The van der Waals surface area contributed by atoms with Gasteiger partial charge in [0.05, 0.1) is 17.0 Å². The first-order valence-corrected chi connectivity index (χ1v) is 15.9. The first kappa shape index (κ1) is 30.9. The molecule has 0 bridgehead atoms. The molecule has 7 nitrogen and oxygen atoms in total. The second kappa shape index (κ2) is 12.6. The first-order valence-electron chi connectivity index (χ1n) is 14.5. The number of sulfonamides is 1. The van der Waals surface area contributed by atoms with E-state index in [1.807, 2.05) is 42.5 Å². The molecule has 0 aliphatic carbocycles. The lowest BCUT2D eigenvalue weighted by Gasteiger charge is -2.28. The predicted octanol–water partition coefficient (Wildman–Crippen LogP) is 6.07. The fourth-order valence-corrected chi connectivity index (χ4v) is 7.03. The highest BCUT2D eigenvalue weighted by Gasteiger charge is 2.42. The van der Waals surface area contributed by atoms with Gasteiger partial charge in [0.2, 0.25) is 5.91 Å². The van der Waals surface area contributed by atoms with Gasteiger partial charge in [-0.3, -0.25) is 13.9 Å². The van der Waals surface area contributed by atoms with Crippen molar-refractivity contribution in [3.8, 4) is 11.1 Å². The van der Waals surface area contributed by atoms with Crippen molar-refractivity contribution in [1.29, 1.82) is 0 Å². The number of ether oxygens (including phenoxy) is 1. The molecule has 4 aromatic carbocycles. The summed E-state index contributed by atoms with van der Waals surface area (Å²) in [4.78, 5) is 26.8. The third-order valence-corrected chi connectivity index (χ3v) is 9.16. The molecule has 0 fully saturated rings. The quantitative estimate of drug-likeness (QED) is 0.231. The number of nitrogens with zero attached hydrogens (tertiary/aromatic N) is 1. The van der Waals surface area contributed by atoms with Gasteiger partial charge in [0.15, 0.2) is 0 Å². The van der Waals surface area contributed by atoms with Gasteiger partial charge in [-0.2, -0.15) is 0 Å². The van der Waals surface area contributed by atoms with Crippen molar-refractivity contribution >= 4 is 27.6 Å². The predicted molar refractivity (Wildman–Crippen MR) is 168 cm³/mol. The van der Waals surface area contributed by atoms with Gasteiger partial charge >= 0.3 is 5.97 Å². The average Bonchev–Trinajstić information content (AvgIpc) is 3.38. The van der Waals surface area contributed by atoms with Crippen molar-refractivity contribution in [3.63, 3.8) is 0 Å². The summed E-state index contributed by atoms with van der Waals surface area (Å²) in [5.41, 5.74) is 2.86. The van der Waals surface area contributed by atoms with Crippen molar-refractivity contribution in [2.45, 2.75) is 62.6 Å². The zero-order valence-corrected chi connectivity index (χ0v) is 25.7. The van der Waals surface area contributed by atoms with Crippen LogP contribution in [0.4, 0.5) is 10.1 Å². The van der Waals surface area contributed by atoms with Crippen LogP contribution < -0.4 is 9.62 Å². The lowest BCUT2D eigenvalue weighted by atomic mass is 10.0. The maximum absolute atomic E-state index is 14.1. The second-order valence-corrected chi connectivity index (χ2v) is 13.7. The number of halogens is 1. The molecular formula is C35H35FN2O5S. The van der Waals surface area contributed by atoms with Crippen molar-refractivity contribution in [1.82, 2.24) is 5.32 Å². The summed E-state index contributed by atoms with van der Waals surface area (Å²) >= 11 is 0. The molecule has 1 aliphatic heterocycles. The number of esters is 1. The third-order valence-electron chi connectivity index (χ3n) is 7.32. The van der Waals surface area contributed by atoms with E-state index in [9.17, 15) is 22.4 Å². The van der Waals surface area contributed by atoms with E-state index in [-0.39, 0.29) is 23.6 Å². The Bertz CT molecular complexity index is 1730. The second-order valence-electron chi connectivity index (χ2n) is 11.9. The smallest absolute Gasteiger partial charge is 0.308 e. The number of hydrogen-bond donors (Lipinski definition) is 1. The van der Waals surface area contributed by atoms with Gasteiger partial charge in [-0.15, -0.1) is 0 Å². The molecule has 0 aromatic heterocycles. The summed E-state index contributed by atoms with van der Waals surface area (Å²) in [6, 6.07) is 27.1. The van der Waals surface area contributed by atoms with E-state index in [1.54, 1.807) is 57.2 Å². The molecule has 0 saturated heterocycles. The molecule has 1 heterocycles. The lowest BCUT2D eigenvalue weighted by Crippen LogP contribution is -2.51. The van der Waals surface area contributed by atoms with Crippen LogP contribution in [0, 0.1) is 5.82 Å². The highest BCUT2D eigenvalue weighted by Crippen LogP contribution is 2.37. The van der Waals surface area contributed by atoms with Crippen LogP contribution in [-0.4, -0.2) is 38.0 Å². The Kier molecular flexibility index (Phi) is 8.87. The highest BCUT2D eigenvalue weighted by molar-refractivity contribution is 7.93. The average molecular weight is 615 g/mol. The molecule has 0 radical (unpaired) electrons. The molecule has 4 aromatic rings. The van der Waals surface area contributed by atoms with Gasteiger partial charge < -0.3 is 10.1 Å². The topological polar surface area (TPSA) is 92.8 Å². The van der Waals surface area contributed by atoms with Gasteiger partial charge in [0.25, 0.3) is 10.0 Å². The number of para-hydroxylation sites is 1. The Balaban J connectivity index is 1.43. The fourth-order valence-electron chi connectivity index (χ4n) is 5.38. The first-order chi connectivity index (χ1) is 20.9. The zero-order chi connectivity index (χ0) is 31.5. The van der Waals surface area contributed by atoms with Gasteiger partial charge in [-0.25, -0.2) is 12.8 Å². The Labute approximate surface area is 257 Å². The molecule has 1 aliphatic rings. The number of amides is 1. The summed E-state index contributed by atoms with van der Waals surface area (Å²) < 4.78 is 48.4. The van der Waals surface area contributed by atoms with E-state index in [1.165, 1.54) is 28.6 Å². The summed E-state index contributed by atoms with van der Waals surface area (Å²) in [5, 5.41) is 2.97. The number of carbonyl (C=O) groups excluding carboxylic acids is 2. The van der Waals surface area contributed by atoms with Crippen LogP contribution in [0.25, 0.3) is 11.1 Å². The number of fused-ring (bicyclic) bond motifs is 1. The molecule has 228 valence electrons. The van der Waals surface area contributed by atoms with Gasteiger partial charge in [0.1, 0.15) is 17.5 Å². The van der Waals surface area contributed by atoms with Crippen LogP contribution in [0.1, 0.15) is 38.3 Å². The maximum Gasteiger partial charge on any atom is 0.308 e. The van der Waals surface area contributed by atoms with Gasteiger partial charge in [-0.05, 0) is 79.8 Å². The minimum Gasteiger partial charge on any atom is -0.460 e.